The molecule has 0 bridgehead atoms. The van der Waals surface area contributed by atoms with Crippen LogP contribution in [0.1, 0.15) is 10.5 Å². The minimum Gasteiger partial charge on any atom is -0.543 e. The van der Waals surface area contributed by atoms with Crippen LogP contribution in [-0.2, 0) is 0 Å². The summed E-state index contributed by atoms with van der Waals surface area (Å²) in [5, 5.41) is 15.1. The lowest BCUT2D eigenvalue weighted by Crippen LogP contribution is -2.25. The molecule has 0 unspecified atom stereocenters. The summed E-state index contributed by atoms with van der Waals surface area (Å²) in [7, 11) is 3.05. The van der Waals surface area contributed by atoms with Crippen LogP contribution in [0.5, 0.6) is 11.5 Å². The first-order valence-corrected chi connectivity index (χ1v) is 6.28. The number of fused-ring (bicyclic) bond motifs is 1. The van der Waals surface area contributed by atoms with Gasteiger partial charge in [0.15, 0.2) is 11.5 Å². The summed E-state index contributed by atoms with van der Waals surface area (Å²) in [5.74, 6) is -0.112. The van der Waals surface area contributed by atoms with Gasteiger partial charge in [-0.15, -0.1) is 0 Å². The summed E-state index contributed by atoms with van der Waals surface area (Å²) < 4.78 is 11.5. The maximum atomic E-state index is 11.2. The van der Waals surface area contributed by atoms with Gasteiger partial charge in [0.05, 0.1) is 31.6 Å². The van der Waals surface area contributed by atoms with Gasteiger partial charge in [0, 0.05) is 5.56 Å². The van der Waals surface area contributed by atoms with Gasteiger partial charge in [-0.05, 0) is 24.3 Å². The number of rotatable bonds is 4. The van der Waals surface area contributed by atoms with E-state index in [1.54, 1.807) is 18.2 Å². The number of hydrogen-bond acceptors (Lipinski definition) is 7. The van der Waals surface area contributed by atoms with Gasteiger partial charge in [-0.1, -0.05) is 0 Å². The lowest BCUT2D eigenvalue weighted by molar-refractivity contribution is -0.255. The van der Waals surface area contributed by atoms with Crippen LogP contribution in [0, 0.1) is 0 Å². The number of nitrogens with zero attached hydrogens (tertiary/aromatic N) is 4. The molecule has 0 amide bonds. The summed E-state index contributed by atoms with van der Waals surface area (Å²) in [6.07, 6.45) is 1.23. The van der Waals surface area contributed by atoms with Crippen LogP contribution in [0.15, 0.2) is 30.6 Å². The fourth-order valence-electron chi connectivity index (χ4n) is 2.10. The first-order valence-electron chi connectivity index (χ1n) is 6.28. The molecule has 8 heteroatoms. The molecule has 2 heterocycles. The van der Waals surface area contributed by atoms with Gasteiger partial charge in [0.1, 0.15) is 6.33 Å². The number of hydrogen-bond donors (Lipinski definition) is 0. The van der Waals surface area contributed by atoms with E-state index in [9.17, 15) is 9.90 Å². The molecule has 0 fully saturated rings. The van der Waals surface area contributed by atoms with E-state index < -0.39 is 5.97 Å². The predicted molar refractivity (Wildman–Crippen MR) is 73.7 cm³/mol. The van der Waals surface area contributed by atoms with E-state index in [-0.39, 0.29) is 11.5 Å². The molecule has 3 aromatic rings. The van der Waals surface area contributed by atoms with Crippen molar-refractivity contribution in [2.75, 3.05) is 14.2 Å². The van der Waals surface area contributed by atoms with Crippen molar-refractivity contribution in [3.63, 3.8) is 0 Å². The fraction of sp³-hybridized carbons (Fsp3) is 0.143. The summed E-state index contributed by atoms with van der Waals surface area (Å²) in [6.45, 7) is 0. The number of carbonyl (C=O) groups is 1. The number of aromatic carboxylic acids is 1. The summed E-state index contributed by atoms with van der Waals surface area (Å²) in [5.41, 5.74) is 0.943. The third-order valence-electron chi connectivity index (χ3n) is 3.14. The maximum Gasteiger partial charge on any atom is 0.253 e. The Hall–Kier alpha value is -3.16. The lowest BCUT2D eigenvalue weighted by Gasteiger charge is -2.11. The first-order chi connectivity index (χ1) is 10.6. The van der Waals surface area contributed by atoms with Crippen molar-refractivity contribution in [2.45, 2.75) is 0 Å². The Morgan fingerprint density at radius 3 is 2.64 bits per heavy atom. The van der Waals surface area contributed by atoms with Gasteiger partial charge in [-0.25, -0.2) is 4.98 Å². The highest BCUT2D eigenvalue weighted by Gasteiger charge is 2.12. The highest BCUT2D eigenvalue weighted by molar-refractivity contribution is 5.86. The zero-order valence-electron chi connectivity index (χ0n) is 11.8. The van der Waals surface area contributed by atoms with Crippen LogP contribution in [0.2, 0.25) is 0 Å². The smallest absolute Gasteiger partial charge is 0.253 e. The molecule has 0 aliphatic rings. The minimum atomic E-state index is -1.36. The van der Waals surface area contributed by atoms with Gasteiger partial charge in [-0.2, -0.15) is 14.6 Å². The Balaban J connectivity index is 2.19. The predicted octanol–water partition coefficient (Wildman–Crippen LogP) is 0.172. The van der Waals surface area contributed by atoms with Crippen LogP contribution in [0.3, 0.4) is 0 Å². The number of carboxylic acid groups (broad SMARTS) is 1. The Morgan fingerprint density at radius 1 is 1.18 bits per heavy atom. The third kappa shape index (κ3) is 2.20. The molecule has 0 atom stereocenters. The Morgan fingerprint density at radius 2 is 1.95 bits per heavy atom. The van der Waals surface area contributed by atoms with E-state index in [1.165, 1.54) is 26.6 Å². The molecule has 0 spiro atoms. The van der Waals surface area contributed by atoms with Crippen molar-refractivity contribution in [3.05, 3.63) is 36.3 Å². The van der Waals surface area contributed by atoms with Crippen LogP contribution in [0.4, 0.5) is 0 Å². The molecule has 0 saturated heterocycles. The van der Waals surface area contributed by atoms with Crippen molar-refractivity contribution in [1.82, 2.24) is 19.6 Å². The quantitative estimate of drug-likeness (QED) is 0.676. The van der Waals surface area contributed by atoms with E-state index in [0.29, 0.717) is 22.8 Å². The van der Waals surface area contributed by atoms with Crippen molar-refractivity contribution >= 4 is 11.7 Å². The normalized spacial score (nSPS) is 10.6. The summed E-state index contributed by atoms with van der Waals surface area (Å²) in [6, 6.07) is 6.53. The number of aromatic nitrogens is 4. The van der Waals surface area contributed by atoms with E-state index in [2.05, 4.69) is 15.1 Å². The van der Waals surface area contributed by atoms with E-state index in [0.717, 1.165) is 4.52 Å². The number of carboxylic acids is 1. The first kappa shape index (κ1) is 13.8. The van der Waals surface area contributed by atoms with Gasteiger partial charge >= 0.3 is 0 Å². The van der Waals surface area contributed by atoms with Gasteiger partial charge < -0.3 is 19.4 Å². The molecule has 0 radical (unpaired) electrons. The molecule has 3 rings (SSSR count). The molecule has 0 saturated carbocycles. The van der Waals surface area contributed by atoms with Crippen molar-refractivity contribution in [2.24, 2.45) is 0 Å². The lowest BCUT2D eigenvalue weighted by atomic mass is 10.1. The standard InChI is InChI=1S/C14H12N4O4/c1-21-11-4-3-8(5-12(11)22-2)9-6-10(13(19)20)18-14(17-9)15-7-16-18/h3-7H,1-2H3,(H,19,20)/p-1. The van der Waals surface area contributed by atoms with Crippen molar-refractivity contribution in [1.29, 1.82) is 0 Å². The topological polar surface area (TPSA) is 102 Å². The monoisotopic (exact) mass is 299 g/mol. The van der Waals surface area contributed by atoms with Crippen LogP contribution in [0.25, 0.3) is 17.0 Å². The maximum absolute atomic E-state index is 11.2. The van der Waals surface area contributed by atoms with Gasteiger partial charge in [-0.3, -0.25) is 0 Å². The van der Waals surface area contributed by atoms with Crippen molar-refractivity contribution < 1.29 is 19.4 Å². The molecule has 1 aromatic carbocycles. The number of carbonyl (C=O) groups excluding carboxylic acids is 1. The second-order valence-electron chi connectivity index (χ2n) is 4.36. The number of ether oxygens (including phenoxy) is 2. The summed E-state index contributed by atoms with van der Waals surface area (Å²) >= 11 is 0. The molecule has 0 N–H and O–H groups in total. The molecule has 2 aromatic heterocycles. The van der Waals surface area contributed by atoms with Crippen LogP contribution >= 0.6 is 0 Å². The molecule has 8 nitrogen and oxygen atoms in total. The van der Waals surface area contributed by atoms with Gasteiger partial charge in [0.25, 0.3) is 5.78 Å². The molecule has 22 heavy (non-hydrogen) atoms. The molecule has 112 valence electrons. The summed E-state index contributed by atoms with van der Waals surface area (Å²) in [4.78, 5) is 19.4. The highest BCUT2D eigenvalue weighted by atomic mass is 16.5. The fourth-order valence-corrected chi connectivity index (χ4v) is 2.10. The minimum absolute atomic E-state index is 0.132. The second kappa shape index (κ2) is 5.32. The Labute approximate surface area is 125 Å². The Kier molecular flexibility index (Phi) is 3.34. The van der Waals surface area contributed by atoms with E-state index >= 15 is 0 Å². The van der Waals surface area contributed by atoms with E-state index in [4.69, 9.17) is 9.47 Å². The highest BCUT2D eigenvalue weighted by Crippen LogP contribution is 2.31. The number of benzene rings is 1. The zero-order chi connectivity index (χ0) is 15.7. The number of methoxy groups -OCH3 is 2. The largest absolute Gasteiger partial charge is 0.543 e. The average Bonchev–Trinajstić information content (AvgIpc) is 3.01. The zero-order valence-corrected chi connectivity index (χ0v) is 11.8. The van der Waals surface area contributed by atoms with Gasteiger partial charge in [0.2, 0.25) is 0 Å². The Bertz CT molecular complexity index is 859. The molecule has 0 aliphatic heterocycles. The van der Waals surface area contributed by atoms with Crippen molar-refractivity contribution in [3.8, 4) is 22.8 Å². The average molecular weight is 299 g/mol. The molecular weight excluding hydrogens is 288 g/mol. The SMILES string of the molecule is COc1ccc(-c2cc(C(=O)[O-])n3ncnc3n2)cc1OC. The second-order valence-corrected chi connectivity index (χ2v) is 4.36. The van der Waals surface area contributed by atoms with E-state index in [1.807, 2.05) is 0 Å². The molecule has 0 aliphatic carbocycles. The van der Waals surface area contributed by atoms with Crippen LogP contribution in [-0.4, -0.2) is 39.8 Å². The van der Waals surface area contributed by atoms with Crippen LogP contribution < -0.4 is 14.6 Å². The molecular formula is C14H11N4O4-. The third-order valence-corrected chi connectivity index (χ3v) is 3.14.